The molecule has 0 spiro atoms. The van der Waals surface area contributed by atoms with Gasteiger partial charge in [0.25, 0.3) is 0 Å². The summed E-state index contributed by atoms with van der Waals surface area (Å²) >= 11 is 0. The lowest BCUT2D eigenvalue weighted by atomic mass is 9.72. The lowest BCUT2D eigenvalue weighted by Crippen LogP contribution is -2.67. The molecule has 6 nitrogen and oxygen atoms in total. The van der Waals surface area contributed by atoms with Crippen LogP contribution < -0.4 is 10.2 Å². The Morgan fingerprint density at radius 3 is 2.62 bits per heavy atom. The predicted octanol–water partition coefficient (Wildman–Crippen LogP) is 2.59. The maximum atomic E-state index is 12.9. The largest absolute Gasteiger partial charge is 0.371 e. The molecular weight excluding hydrogens is 364 g/mol. The van der Waals surface area contributed by atoms with Crippen LogP contribution in [-0.2, 0) is 9.59 Å². The minimum absolute atomic E-state index is 0.124. The summed E-state index contributed by atoms with van der Waals surface area (Å²) in [6.45, 7) is 2.57. The van der Waals surface area contributed by atoms with E-state index < -0.39 is 0 Å². The Morgan fingerprint density at radius 2 is 1.83 bits per heavy atom. The van der Waals surface area contributed by atoms with Gasteiger partial charge in [-0.2, -0.15) is 0 Å². The summed E-state index contributed by atoms with van der Waals surface area (Å²) in [6, 6.07) is 4.62. The fourth-order valence-electron chi connectivity index (χ4n) is 6.34. The predicted molar refractivity (Wildman–Crippen MR) is 111 cm³/mol. The van der Waals surface area contributed by atoms with Crippen molar-refractivity contribution in [2.75, 3.05) is 24.5 Å². The standard InChI is InChI=1S/C23H32N4O2/c28-22-7-3-6-20-17-12-18(15-26(14-17)19-8-10-24-11-9-19)21(27(20)22)13-25-23(29)16-4-1-2-5-16/h8-11,16-18,20-21H,1-7,12-15H2,(H,25,29)/t17-,18+,20+,21+/m1/s1. The van der Waals surface area contributed by atoms with Crippen LogP contribution in [0, 0.1) is 17.8 Å². The van der Waals surface area contributed by atoms with Gasteiger partial charge in [-0.15, -0.1) is 0 Å². The van der Waals surface area contributed by atoms with Crippen LogP contribution in [0.2, 0.25) is 0 Å². The van der Waals surface area contributed by atoms with Crippen molar-refractivity contribution < 1.29 is 9.59 Å². The zero-order valence-corrected chi connectivity index (χ0v) is 17.1. The first-order valence-corrected chi connectivity index (χ1v) is 11.4. The molecule has 1 saturated carbocycles. The maximum Gasteiger partial charge on any atom is 0.223 e. The van der Waals surface area contributed by atoms with E-state index in [0.29, 0.717) is 36.8 Å². The van der Waals surface area contributed by atoms with Crippen molar-refractivity contribution in [2.45, 2.75) is 63.5 Å². The Hall–Kier alpha value is -2.11. The third kappa shape index (κ3) is 3.62. The number of carbonyl (C=O) groups excluding carboxylic acids is 2. The van der Waals surface area contributed by atoms with Crippen molar-refractivity contribution in [3.63, 3.8) is 0 Å². The van der Waals surface area contributed by atoms with Gasteiger partial charge in [0.1, 0.15) is 0 Å². The minimum Gasteiger partial charge on any atom is -0.371 e. The highest BCUT2D eigenvalue weighted by molar-refractivity contribution is 5.80. The number of hydrogen-bond acceptors (Lipinski definition) is 4. The second-order valence-corrected chi connectivity index (χ2v) is 9.42. The molecule has 4 aliphatic rings. The quantitative estimate of drug-likeness (QED) is 0.850. The molecular formula is C23H32N4O2. The third-order valence-electron chi connectivity index (χ3n) is 7.74. The number of fused-ring (bicyclic) bond motifs is 4. The normalized spacial score (nSPS) is 32.2. The molecule has 6 heteroatoms. The van der Waals surface area contributed by atoms with Crippen LogP contribution >= 0.6 is 0 Å². The van der Waals surface area contributed by atoms with Gasteiger partial charge in [0.05, 0.1) is 6.04 Å². The molecule has 1 N–H and O–H groups in total. The molecule has 1 aromatic rings. The van der Waals surface area contributed by atoms with Gasteiger partial charge in [0, 0.05) is 56.1 Å². The molecule has 4 atom stereocenters. The number of amides is 2. The molecule has 2 bridgehead atoms. The molecule has 3 aliphatic heterocycles. The number of anilines is 1. The summed E-state index contributed by atoms with van der Waals surface area (Å²) in [5.74, 6) is 1.61. The maximum absolute atomic E-state index is 12.9. The van der Waals surface area contributed by atoms with Crippen molar-refractivity contribution in [1.29, 1.82) is 0 Å². The van der Waals surface area contributed by atoms with E-state index in [1.807, 2.05) is 12.4 Å². The van der Waals surface area contributed by atoms with E-state index in [-0.39, 0.29) is 17.9 Å². The second-order valence-electron chi connectivity index (χ2n) is 9.42. The van der Waals surface area contributed by atoms with Gasteiger partial charge < -0.3 is 15.1 Å². The smallest absolute Gasteiger partial charge is 0.223 e. The van der Waals surface area contributed by atoms with Crippen molar-refractivity contribution in [2.24, 2.45) is 17.8 Å². The van der Waals surface area contributed by atoms with Gasteiger partial charge >= 0.3 is 0 Å². The van der Waals surface area contributed by atoms with Gasteiger partial charge in [0.2, 0.25) is 11.8 Å². The zero-order chi connectivity index (χ0) is 19.8. The SMILES string of the molecule is O=C(NC[C@H]1[C@H]2C[C@H](CN(c3ccncc3)C2)[C@@H]2CCCC(=O)N21)C1CCCC1. The monoisotopic (exact) mass is 396 g/mol. The van der Waals surface area contributed by atoms with E-state index in [2.05, 4.69) is 32.2 Å². The summed E-state index contributed by atoms with van der Waals surface area (Å²) in [6.07, 6.45) is 12.0. The highest BCUT2D eigenvalue weighted by Crippen LogP contribution is 2.42. The first-order chi connectivity index (χ1) is 14.2. The van der Waals surface area contributed by atoms with Crippen LogP contribution in [0.5, 0.6) is 0 Å². The van der Waals surface area contributed by atoms with Crippen LogP contribution in [0.15, 0.2) is 24.5 Å². The van der Waals surface area contributed by atoms with E-state index in [1.54, 1.807) is 0 Å². The number of pyridine rings is 1. The van der Waals surface area contributed by atoms with Crippen molar-refractivity contribution in [3.8, 4) is 0 Å². The summed E-state index contributed by atoms with van der Waals surface area (Å²) < 4.78 is 0. The van der Waals surface area contributed by atoms with Gasteiger partial charge in [0.15, 0.2) is 0 Å². The molecule has 156 valence electrons. The molecule has 0 aromatic carbocycles. The summed E-state index contributed by atoms with van der Waals surface area (Å²) in [5.41, 5.74) is 1.22. The summed E-state index contributed by atoms with van der Waals surface area (Å²) in [7, 11) is 0. The summed E-state index contributed by atoms with van der Waals surface area (Å²) in [5, 5.41) is 3.24. The van der Waals surface area contributed by atoms with Gasteiger partial charge in [-0.1, -0.05) is 12.8 Å². The second kappa shape index (κ2) is 7.96. The van der Waals surface area contributed by atoms with E-state index in [4.69, 9.17) is 0 Å². The molecule has 5 rings (SSSR count). The van der Waals surface area contributed by atoms with Crippen LogP contribution in [0.1, 0.15) is 51.4 Å². The average Bonchev–Trinajstić information content (AvgIpc) is 3.29. The van der Waals surface area contributed by atoms with E-state index in [9.17, 15) is 9.59 Å². The number of aromatic nitrogens is 1. The highest BCUT2D eigenvalue weighted by atomic mass is 16.2. The van der Waals surface area contributed by atoms with Gasteiger partial charge in [-0.25, -0.2) is 0 Å². The fourth-order valence-corrected chi connectivity index (χ4v) is 6.34. The first-order valence-electron chi connectivity index (χ1n) is 11.4. The molecule has 2 amide bonds. The first kappa shape index (κ1) is 18.9. The number of piperidine rings is 3. The average molecular weight is 397 g/mol. The number of nitrogens with zero attached hydrogens (tertiary/aromatic N) is 3. The Kier molecular flexibility index (Phi) is 5.18. The van der Waals surface area contributed by atoms with Crippen LogP contribution in [-0.4, -0.2) is 53.4 Å². The Bertz CT molecular complexity index is 749. The fraction of sp³-hybridized carbons (Fsp3) is 0.696. The molecule has 0 unspecified atom stereocenters. The molecule has 1 aliphatic carbocycles. The lowest BCUT2D eigenvalue weighted by molar-refractivity contribution is -0.149. The van der Waals surface area contributed by atoms with Crippen LogP contribution in [0.3, 0.4) is 0 Å². The molecule has 0 radical (unpaired) electrons. The van der Waals surface area contributed by atoms with Crippen LogP contribution in [0.25, 0.3) is 0 Å². The molecule has 29 heavy (non-hydrogen) atoms. The van der Waals surface area contributed by atoms with E-state index in [0.717, 1.165) is 38.8 Å². The van der Waals surface area contributed by atoms with Gasteiger partial charge in [-0.3, -0.25) is 14.6 Å². The summed E-state index contributed by atoms with van der Waals surface area (Å²) in [4.78, 5) is 34.4. The highest BCUT2D eigenvalue weighted by Gasteiger charge is 2.49. The molecule has 4 heterocycles. The van der Waals surface area contributed by atoms with E-state index >= 15 is 0 Å². The Morgan fingerprint density at radius 1 is 1.07 bits per heavy atom. The third-order valence-corrected chi connectivity index (χ3v) is 7.74. The molecule has 1 aromatic heterocycles. The topological polar surface area (TPSA) is 65.5 Å². The zero-order valence-electron chi connectivity index (χ0n) is 17.1. The molecule has 4 fully saturated rings. The number of carbonyl (C=O) groups is 2. The number of rotatable bonds is 4. The lowest BCUT2D eigenvalue weighted by Gasteiger charge is -2.57. The Balaban J connectivity index is 1.35. The van der Waals surface area contributed by atoms with E-state index in [1.165, 1.54) is 24.9 Å². The van der Waals surface area contributed by atoms with Crippen molar-refractivity contribution in [3.05, 3.63) is 24.5 Å². The van der Waals surface area contributed by atoms with Crippen LogP contribution in [0.4, 0.5) is 5.69 Å². The van der Waals surface area contributed by atoms with Crippen molar-refractivity contribution in [1.82, 2.24) is 15.2 Å². The Labute approximate surface area is 173 Å². The number of hydrogen-bond donors (Lipinski definition) is 1. The van der Waals surface area contributed by atoms with Gasteiger partial charge in [-0.05, 0) is 56.1 Å². The van der Waals surface area contributed by atoms with Crippen molar-refractivity contribution >= 4 is 17.5 Å². The molecule has 3 saturated heterocycles. The number of nitrogens with one attached hydrogen (secondary N) is 1. The minimum atomic E-state index is 0.124.